The Balaban J connectivity index is 1.63. The van der Waals surface area contributed by atoms with E-state index in [4.69, 9.17) is 9.47 Å². The molecular weight excluding hydrogens is 318 g/mol. The summed E-state index contributed by atoms with van der Waals surface area (Å²) in [7, 11) is 3.29. The summed E-state index contributed by atoms with van der Waals surface area (Å²) < 4.78 is 12.8. The highest BCUT2D eigenvalue weighted by Gasteiger charge is 2.38. The Kier molecular flexibility index (Phi) is 4.13. The van der Waals surface area contributed by atoms with E-state index in [0.717, 1.165) is 43.1 Å². The molecule has 0 radical (unpaired) electrons. The molecular formula is C19H23N3O3. The molecule has 2 aliphatic heterocycles. The van der Waals surface area contributed by atoms with E-state index in [9.17, 15) is 4.79 Å². The molecule has 6 heteroatoms. The van der Waals surface area contributed by atoms with Crippen molar-refractivity contribution in [3.05, 3.63) is 47.8 Å². The van der Waals surface area contributed by atoms with E-state index in [2.05, 4.69) is 21.6 Å². The number of benzene rings is 1. The topological polar surface area (TPSA) is 46.9 Å². The zero-order valence-electron chi connectivity index (χ0n) is 14.6. The van der Waals surface area contributed by atoms with E-state index < -0.39 is 0 Å². The number of methoxy groups -OCH3 is 2. The lowest BCUT2D eigenvalue weighted by atomic mass is 10.1. The lowest BCUT2D eigenvalue weighted by Gasteiger charge is -2.46. The van der Waals surface area contributed by atoms with Crippen LogP contribution in [0.5, 0.6) is 11.5 Å². The molecule has 0 N–H and O–H groups in total. The Morgan fingerprint density at radius 3 is 2.76 bits per heavy atom. The van der Waals surface area contributed by atoms with Gasteiger partial charge in [0, 0.05) is 25.8 Å². The summed E-state index contributed by atoms with van der Waals surface area (Å²) in [6.45, 7) is 3.01. The number of ether oxygens (including phenoxy) is 2. The first-order valence-corrected chi connectivity index (χ1v) is 8.60. The number of rotatable bonds is 4. The zero-order valence-corrected chi connectivity index (χ0v) is 14.6. The van der Waals surface area contributed by atoms with E-state index in [1.165, 1.54) is 5.69 Å². The maximum atomic E-state index is 12.5. The van der Waals surface area contributed by atoms with Crippen molar-refractivity contribution in [3.8, 4) is 11.5 Å². The van der Waals surface area contributed by atoms with Gasteiger partial charge in [-0.1, -0.05) is 6.07 Å². The summed E-state index contributed by atoms with van der Waals surface area (Å²) in [4.78, 5) is 16.9. The number of carbonyl (C=O) groups is 1. The molecule has 0 spiro atoms. The van der Waals surface area contributed by atoms with Crippen LogP contribution in [0.4, 0.5) is 0 Å². The first kappa shape index (κ1) is 16.0. The summed E-state index contributed by atoms with van der Waals surface area (Å²) in [6.07, 6.45) is 3.00. The van der Waals surface area contributed by atoms with Gasteiger partial charge in [-0.15, -0.1) is 0 Å². The van der Waals surface area contributed by atoms with Crippen molar-refractivity contribution in [3.63, 3.8) is 0 Å². The van der Waals surface area contributed by atoms with Crippen molar-refractivity contribution in [1.29, 1.82) is 0 Å². The molecule has 2 aromatic rings. The standard InChI is InChI=1S/C19H23N3O3/c1-24-16-7-6-14(11-17(16)25-2)12-21-9-4-10-22-18(23)13-20-8-3-5-15(20)19(21)22/h3,5-8,11,19H,4,9-10,12-13H2,1-2H3. The molecule has 0 aliphatic carbocycles. The van der Waals surface area contributed by atoms with E-state index in [0.29, 0.717) is 6.54 Å². The minimum atomic E-state index is 0.0121. The fourth-order valence-electron chi connectivity index (χ4n) is 3.91. The van der Waals surface area contributed by atoms with Crippen LogP contribution in [0.3, 0.4) is 0 Å². The van der Waals surface area contributed by atoms with Crippen LogP contribution in [0.15, 0.2) is 36.5 Å². The molecule has 132 valence electrons. The minimum Gasteiger partial charge on any atom is -0.493 e. The predicted molar refractivity (Wildman–Crippen MR) is 93.5 cm³/mol. The summed E-state index contributed by atoms with van der Waals surface area (Å²) in [5.41, 5.74) is 2.34. The molecule has 3 heterocycles. The maximum Gasteiger partial charge on any atom is 0.244 e. The third-order valence-electron chi connectivity index (χ3n) is 5.07. The molecule has 6 nitrogen and oxygen atoms in total. The Bertz CT molecular complexity index is 786. The van der Waals surface area contributed by atoms with Crippen LogP contribution in [0.1, 0.15) is 23.8 Å². The molecule has 1 aromatic carbocycles. The predicted octanol–water partition coefficient (Wildman–Crippen LogP) is 2.25. The molecule has 1 atom stereocenters. The second-order valence-corrected chi connectivity index (χ2v) is 6.54. The third-order valence-corrected chi connectivity index (χ3v) is 5.07. The lowest BCUT2D eigenvalue weighted by molar-refractivity contribution is -0.146. The van der Waals surface area contributed by atoms with E-state index in [-0.39, 0.29) is 12.1 Å². The highest BCUT2D eigenvalue weighted by Crippen LogP contribution is 2.35. The second-order valence-electron chi connectivity index (χ2n) is 6.54. The van der Waals surface area contributed by atoms with Gasteiger partial charge in [-0.2, -0.15) is 0 Å². The van der Waals surface area contributed by atoms with Gasteiger partial charge < -0.3 is 18.9 Å². The largest absolute Gasteiger partial charge is 0.493 e. The Hall–Kier alpha value is -2.47. The number of aromatic nitrogens is 1. The van der Waals surface area contributed by atoms with E-state index in [1.807, 2.05) is 29.3 Å². The number of nitrogens with zero attached hydrogens (tertiary/aromatic N) is 3. The molecule has 1 amide bonds. The van der Waals surface area contributed by atoms with Crippen molar-refractivity contribution in [1.82, 2.24) is 14.4 Å². The fourth-order valence-corrected chi connectivity index (χ4v) is 3.91. The van der Waals surface area contributed by atoms with Gasteiger partial charge in [0.25, 0.3) is 0 Å². The van der Waals surface area contributed by atoms with Crippen LogP contribution in [-0.4, -0.2) is 47.6 Å². The monoisotopic (exact) mass is 341 g/mol. The third kappa shape index (κ3) is 2.76. The molecule has 1 unspecified atom stereocenters. The SMILES string of the molecule is COc1ccc(CN2CCCN3C(=O)Cn4cccc4C23)cc1OC. The van der Waals surface area contributed by atoms with Crippen LogP contribution < -0.4 is 9.47 Å². The average Bonchev–Trinajstić information content (AvgIpc) is 3.10. The van der Waals surface area contributed by atoms with Gasteiger partial charge in [0.15, 0.2) is 11.5 Å². The van der Waals surface area contributed by atoms with Crippen molar-refractivity contribution < 1.29 is 14.3 Å². The van der Waals surface area contributed by atoms with E-state index >= 15 is 0 Å². The normalized spacial score (nSPS) is 20.2. The van der Waals surface area contributed by atoms with Crippen LogP contribution in [0, 0.1) is 0 Å². The fraction of sp³-hybridized carbons (Fsp3) is 0.421. The van der Waals surface area contributed by atoms with Crippen LogP contribution in [0.25, 0.3) is 0 Å². The molecule has 0 saturated carbocycles. The van der Waals surface area contributed by atoms with Gasteiger partial charge in [0.05, 0.1) is 19.9 Å². The van der Waals surface area contributed by atoms with Crippen molar-refractivity contribution in [2.45, 2.75) is 25.7 Å². The number of fused-ring (bicyclic) bond motifs is 3. The van der Waals surface area contributed by atoms with Crippen LogP contribution >= 0.6 is 0 Å². The van der Waals surface area contributed by atoms with Gasteiger partial charge in [-0.25, -0.2) is 0 Å². The zero-order chi connectivity index (χ0) is 17.4. The van der Waals surface area contributed by atoms with Gasteiger partial charge in [0.2, 0.25) is 5.91 Å². The van der Waals surface area contributed by atoms with Gasteiger partial charge in [-0.05, 0) is 36.2 Å². The minimum absolute atomic E-state index is 0.0121. The quantitative estimate of drug-likeness (QED) is 0.856. The Labute approximate surface area is 147 Å². The summed E-state index contributed by atoms with van der Waals surface area (Å²) in [5, 5.41) is 0. The maximum absolute atomic E-state index is 12.5. The summed E-state index contributed by atoms with van der Waals surface area (Å²) in [6, 6.07) is 10.2. The summed E-state index contributed by atoms with van der Waals surface area (Å²) >= 11 is 0. The van der Waals surface area contributed by atoms with Gasteiger partial charge in [-0.3, -0.25) is 9.69 Å². The molecule has 4 rings (SSSR count). The van der Waals surface area contributed by atoms with Crippen molar-refractivity contribution >= 4 is 5.91 Å². The average molecular weight is 341 g/mol. The number of hydrogen-bond acceptors (Lipinski definition) is 4. The van der Waals surface area contributed by atoms with Crippen molar-refractivity contribution in [2.24, 2.45) is 0 Å². The summed E-state index contributed by atoms with van der Waals surface area (Å²) in [5.74, 6) is 1.66. The molecule has 1 aromatic heterocycles. The van der Waals surface area contributed by atoms with Gasteiger partial charge >= 0.3 is 0 Å². The van der Waals surface area contributed by atoms with Crippen LogP contribution in [-0.2, 0) is 17.9 Å². The van der Waals surface area contributed by atoms with Crippen LogP contribution in [0.2, 0.25) is 0 Å². The lowest BCUT2D eigenvalue weighted by Crippen LogP contribution is -2.53. The second kappa shape index (κ2) is 6.44. The number of carbonyl (C=O) groups excluding carboxylic acids is 1. The van der Waals surface area contributed by atoms with Crippen molar-refractivity contribution in [2.75, 3.05) is 27.3 Å². The van der Waals surface area contributed by atoms with E-state index in [1.54, 1.807) is 14.2 Å². The molecule has 1 fully saturated rings. The number of amides is 1. The molecule has 1 saturated heterocycles. The Morgan fingerprint density at radius 1 is 1.12 bits per heavy atom. The smallest absolute Gasteiger partial charge is 0.244 e. The first-order valence-electron chi connectivity index (χ1n) is 8.60. The van der Waals surface area contributed by atoms with Gasteiger partial charge in [0.1, 0.15) is 12.7 Å². The number of hydrogen-bond donors (Lipinski definition) is 0. The Morgan fingerprint density at radius 2 is 1.96 bits per heavy atom. The highest BCUT2D eigenvalue weighted by molar-refractivity contribution is 5.78. The molecule has 0 bridgehead atoms. The molecule has 2 aliphatic rings. The molecule has 25 heavy (non-hydrogen) atoms. The highest BCUT2D eigenvalue weighted by atomic mass is 16.5. The first-order chi connectivity index (χ1) is 12.2.